The average Bonchev–Trinajstić information content (AvgIpc) is 2.97. The number of carbonyl (C=O) groups is 2. The number of nitro benzene ring substituents is 1. The summed E-state index contributed by atoms with van der Waals surface area (Å²) in [6.07, 6.45) is 1.29. The first-order valence-electron chi connectivity index (χ1n) is 7.99. The van der Waals surface area contributed by atoms with Crippen LogP contribution in [-0.2, 0) is 4.79 Å². The van der Waals surface area contributed by atoms with Crippen LogP contribution >= 0.6 is 0 Å². The average molecular weight is 365 g/mol. The second-order valence-corrected chi connectivity index (χ2v) is 5.73. The maximum absolute atomic E-state index is 12.5. The largest absolute Gasteiger partial charge is 0.271 e. The maximum atomic E-state index is 12.5. The second kappa shape index (κ2) is 7.56. The van der Waals surface area contributed by atoms with Crippen LogP contribution in [-0.4, -0.2) is 28.7 Å². The summed E-state index contributed by atoms with van der Waals surface area (Å²) in [6, 6.07) is 14.2. The van der Waals surface area contributed by atoms with Crippen molar-refractivity contribution in [1.29, 1.82) is 0 Å². The predicted octanol–water partition coefficient (Wildman–Crippen LogP) is 2.35. The first kappa shape index (κ1) is 17.9. The van der Waals surface area contributed by atoms with Gasteiger partial charge in [-0.15, -0.1) is 0 Å². The zero-order valence-electron chi connectivity index (χ0n) is 14.3. The summed E-state index contributed by atoms with van der Waals surface area (Å²) in [6.45, 7) is 1.69. The van der Waals surface area contributed by atoms with E-state index in [1.54, 1.807) is 31.2 Å². The molecule has 0 aromatic heterocycles. The van der Waals surface area contributed by atoms with Crippen LogP contribution in [0.1, 0.15) is 17.3 Å². The molecule has 9 nitrogen and oxygen atoms in total. The molecule has 27 heavy (non-hydrogen) atoms. The van der Waals surface area contributed by atoms with Crippen molar-refractivity contribution in [1.82, 2.24) is 5.43 Å². The predicted molar refractivity (Wildman–Crippen MR) is 99.6 cm³/mol. The van der Waals surface area contributed by atoms with Gasteiger partial charge in [0.2, 0.25) is 0 Å². The van der Waals surface area contributed by atoms with Crippen LogP contribution in [0.2, 0.25) is 0 Å². The van der Waals surface area contributed by atoms with Gasteiger partial charge in [0.05, 0.1) is 16.3 Å². The first-order chi connectivity index (χ1) is 13.0. The Balaban J connectivity index is 1.67. The van der Waals surface area contributed by atoms with E-state index in [0.717, 1.165) is 6.07 Å². The summed E-state index contributed by atoms with van der Waals surface area (Å²) in [4.78, 5) is 34.8. The molecule has 1 atom stereocenters. The van der Waals surface area contributed by atoms with Gasteiger partial charge in [0.1, 0.15) is 5.92 Å². The number of nitrogens with one attached hydrogen (secondary N) is 1. The van der Waals surface area contributed by atoms with E-state index >= 15 is 0 Å². The number of anilines is 1. The molecule has 3 rings (SSSR count). The van der Waals surface area contributed by atoms with Crippen LogP contribution in [0, 0.1) is 16.0 Å². The third kappa shape index (κ3) is 3.87. The fourth-order valence-electron chi connectivity index (χ4n) is 2.50. The summed E-state index contributed by atoms with van der Waals surface area (Å²) < 4.78 is 0. The van der Waals surface area contributed by atoms with Gasteiger partial charge in [-0.1, -0.05) is 24.3 Å². The number of non-ortho nitro benzene ring substituents is 1. The molecule has 0 radical (unpaired) electrons. The Hall–Kier alpha value is -3.88. The Morgan fingerprint density at radius 2 is 2.00 bits per heavy atom. The summed E-state index contributed by atoms with van der Waals surface area (Å²) in [5.74, 6) is -1.60. The van der Waals surface area contributed by atoms with Crippen molar-refractivity contribution in [3.8, 4) is 0 Å². The van der Waals surface area contributed by atoms with Gasteiger partial charge in [-0.25, -0.2) is 5.43 Å². The molecule has 2 amide bonds. The number of benzene rings is 2. The van der Waals surface area contributed by atoms with Crippen molar-refractivity contribution in [3.05, 3.63) is 70.3 Å². The van der Waals surface area contributed by atoms with Gasteiger partial charge < -0.3 is 0 Å². The molecule has 9 heteroatoms. The van der Waals surface area contributed by atoms with Gasteiger partial charge in [-0.05, 0) is 25.1 Å². The van der Waals surface area contributed by atoms with E-state index in [-0.39, 0.29) is 17.2 Å². The molecule has 0 unspecified atom stereocenters. The van der Waals surface area contributed by atoms with Crippen molar-refractivity contribution in [2.45, 2.75) is 6.92 Å². The number of amides is 2. The van der Waals surface area contributed by atoms with E-state index in [0.29, 0.717) is 11.4 Å². The zero-order valence-corrected chi connectivity index (χ0v) is 14.3. The van der Waals surface area contributed by atoms with Gasteiger partial charge in [0.15, 0.2) is 0 Å². The zero-order chi connectivity index (χ0) is 19.4. The minimum Gasteiger partial charge on any atom is -0.271 e. The van der Waals surface area contributed by atoms with Crippen molar-refractivity contribution in [2.24, 2.45) is 16.1 Å². The number of carbonyl (C=O) groups excluding carboxylic acids is 2. The molecule has 1 heterocycles. The van der Waals surface area contributed by atoms with Crippen molar-refractivity contribution in [3.63, 3.8) is 0 Å². The van der Waals surface area contributed by atoms with Gasteiger partial charge in [-0.2, -0.15) is 15.2 Å². The number of para-hydroxylation sites is 1. The van der Waals surface area contributed by atoms with E-state index in [1.807, 2.05) is 6.07 Å². The van der Waals surface area contributed by atoms with Crippen molar-refractivity contribution in [2.75, 3.05) is 5.01 Å². The van der Waals surface area contributed by atoms with E-state index < -0.39 is 16.7 Å². The highest BCUT2D eigenvalue weighted by molar-refractivity contribution is 6.23. The number of hydrogen-bond donors (Lipinski definition) is 1. The van der Waals surface area contributed by atoms with Crippen LogP contribution in [0.25, 0.3) is 0 Å². The lowest BCUT2D eigenvalue weighted by Gasteiger charge is -2.12. The Kier molecular flexibility index (Phi) is 5.02. The molecule has 2 aromatic rings. The molecular formula is C18H15N5O4. The topological polar surface area (TPSA) is 117 Å². The molecule has 1 aliphatic rings. The number of hydrogen-bond acceptors (Lipinski definition) is 6. The highest BCUT2D eigenvalue weighted by Gasteiger charge is 2.33. The molecule has 0 spiro atoms. The lowest BCUT2D eigenvalue weighted by molar-refractivity contribution is -0.384. The lowest BCUT2D eigenvalue weighted by atomic mass is 10.1. The Morgan fingerprint density at radius 3 is 2.70 bits per heavy atom. The highest BCUT2D eigenvalue weighted by atomic mass is 16.6. The minimum atomic E-state index is -0.699. The Bertz CT molecular complexity index is 955. The third-order valence-electron chi connectivity index (χ3n) is 3.89. The second-order valence-electron chi connectivity index (χ2n) is 5.73. The molecule has 1 aliphatic heterocycles. The number of rotatable bonds is 5. The van der Waals surface area contributed by atoms with Crippen molar-refractivity contribution >= 4 is 35.1 Å². The fraction of sp³-hybridized carbons (Fsp3) is 0.111. The number of hydrazone groups is 2. The monoisotopic (exact) mass is 365 g/mol. The minimum absolute atomic E-state index is 0.0930. The molecule has 0 fully saturated rings. The van der Waals surface area contributed by atoms with Crippen LogP contribution in [0.3, 0.4) is 0 Å². The number of nitrogens with zero attached hydrogens (tertiary/aromatic N) is 4. The van der Waals surface area contributed by atoms with E-state index in [1.165, 1.54) is 29.4 Å². The Labute approximate surface area is 154 Å². The lowest BCUT2D eigenvalue weighted by Crippen LogP contribution is -2.29. The molecule has 0 aliphatic carbocycles. The van der Waals surface area contributed by atoms with Gasteiger partial charge in [0.25, 0.3) is 17.5 Å². The normalized spacial score (nSPS) is 16.5. The van der Waals surface area contributed by atoms with E-state index in [4.69, 9.17) is 0 Å². The molecule has 0 saturated heterocycles. The highest BCUT2D eigenvalue weighted by Crippen LogP contribution is 2.22. The summed E-state index contributed by atoms with van der Waals surface area (Å²) in [7, 11) is 0. The van der Waals surface area contributed by atoms with Gasteiger partial charge in [0, 0.05) is 23.9 Å². The van der Waals surface area contributed by atoms with Crippen LogP contribution in [0.5, 0.6) is 0 Å². The van der Waals surface area contributed by atoms with Crippen molar-refractivity contribution < 1.29 is 14.5 Å². The standard InChI is InChI=1S/C18H15N5O4/c1-12-16(18(25)22(21-12)14-7-3-2-4-8-14)11-19-20-17(24)13-6-5-9-15(10-13)23(26)27/h2-11,16H,1H3,(H,20,24)/b19-11-/t16-/m1/s1. The molecule has 1 N–H and O–H groups in total. The van der Waals surface area contributed by atoms with Gasteiger partial charge >= 0.3 is 0 Å². The summed E-state index contributed by atoms with van der Waals surface area (Å²) >= 11 is 0. The smallest absolute Gasteiger partial charge is 0.271 e. The quantitative estimate of drug-likeness (QED) is 0.497. The summed E-state index contributed by atoms with van der Waals surface area (Å²) in [5, 5.41) is 20.1. The third-order valence-corrected chi connectivity index (χ3v) is 3.89. The molecule has 2 aromatic carbocycles. The number of nitro groups is 1. The molecule has 136 valence electrons. The van der Waals surface area contributed by atoms with E-state index in [2.05, 4.69) is 15.6 Å². The van der Waals surface area contributed by atoms with Crippen LogP contribution in [0.4, 0.5) is 11.4 Å². The maximum Gasteiger partial charge on any atom is 0.271 e. The fourth-order valence-corrected chi connectivity index (χ4v) is 2.50. The SMILES string of the molecule is CC1=NN(c2ccccc2)C(=O)[C@@H]1/C=N\NC(=O)c1cccc([N+](=O)[O-])c1. The molecular weight excluding hydrogens is 350 g/mol. The van der Waals surface area contributed by atoms with Crippen LogP contribution in [0.15, 0.2) is 64.8 Å². The molecule has 0 saturated carbocycles. The van der Waals surface area contributed by atoms with Crippen LogP contribution < -0.4 is 10.4 Å². The molecule has 0 bridgehead atoms. The summed E-state index contributed by atoms with van der Waals surface area (Å²) in [5.41, 5.74) is 3.34. The Morgan fingerprint density at radius 1 is 1.26 bits per heavy atom. The first-order valence-corrected chi connectivity index (χ1v) is 7.99. The van der Waals surface area contributed by atoms with Gasteiger partial charge in [-0.3, -0.25) is 19.7 Å². The van der Waals surface area contributed by atoms with E-state index in [9.17, 15) is 19.7 Å².